The van der Waals surface area contributed by atoms with E-state index < -0.39 is 21.6 Å². The average Bonchev–Trinajstić information content (AvgIpc) is 2.78. The highest BCUT2D eigenvalue weighted by Gasteiger charge is 2.29. The van der Waals surface area contributed by atoms with Crippen molar-refractivity contribution in [3.63, 3.8) is 0 Å². The molecule has 0 aliphatic carbocycles. The summed E-state index contributed by atoms with van der Waals surface area (Å²) in [5, 5.41) is 3.66. The van der Waals surface area contributed by atoms with Crippen LogP contribution in [0, 0.1) is 0 Å². The van der Waals surface area contributed by atoms with Crippen LogP contribution in [0.3, 0.4) is 0 Å². The molecule has 2 rings (SSSR count). The third kappa shape index (κ3) is 8.49. The highest BCUT2D eigenvalue weighted by atomic mass is 35.5. The third-order valence-corrected chi connectivity index (χ3v) is 7.93. The Hall–Kier alpha value is -2.13. The second-order valence-corrected chi connectivity index (χ2v) is 12.3. The number of amides is 2. The van der Waals surface area contributed by atoms with Crippen molar-refractivity contribution in [1.29, 1.82) is 0 Å². The number of halogens is 2. The van der Waals surface area contributed by atoms with Crippen molar-refractivity contribution >= 4 is 45.0 Å². The van der Waals surface area contributed by atoms with E-state index in [0.29, 0.717) is 16.5 Å². The topological polar surface area (TPSA) is 86.8 Å². The summed E-state index contributed by atoms with van der Waals surface area (Å²) in [5.41, 5.74) is 0.268. The molecule has 1 atom stereocenters. The predicted molar refractivity (Wildman–Crippen MR) is 140 cm³/mol. The molecule has 0 aliphatic rings. The van der Waals surface area contributed by atoms with Gasteiger partial charge in [0.1, 0.15) is 6.04 Å². The lowest BCUT2D eigenvalue weighted by molar-refractivity contribution is -0.141. The minimum absolute atomic E-state index is 0.0725. The first-order chi connectivity index (χ1) is 16.2. The Morgan fingerprint density at radius 1 is 1.03 bits per heavy atom. The molecule has 192 valence electrons. The van der Waals surface area contributed by atoms with Crippen molar-refractivity contribution in [2.45, 2.75) is 63.6 Å². The Balaban J connectivity index is 2.13. The molecule has 35 heavy (non-hydrogen) atoms. The van der Waals surface area contributed by atoms with Crippen molar-refractivity contribution in [2.24, 2.45) is 0 Å². The molecule has 0 bridgehead atoms. The summed E-state index contributed by atoms with van der Waals surface area (Å²) in [5.74, 6) is -0.548. The lowest BCUT2D eigenvalue weighted by Crippen LogP contribution is -2.52. The molecule has 0 heterocycles. The standard InChI is InChI=1S/C25H33Cl2N3O4S/c1-18(24(32)28-25(2,3)4)30(17-19-13-14-21(26)22(27)16-19)23(31)12-9-15-29(5)35(33,34)20-10-7-6-8-11-20/h6-8,10-11,13-14,16,18H,9,12,15,17H2,1-5H3,(H,28,32)/t18-/m1/s1. The molecule has 2 amide bonds. The first-order valence-electron chi connectivity index (χ1n) is 11.3. The molecule has 0 spiro atoms. The molecule has 2 aromatic carbocycles. The van der Waals surface area contributed by atoms with E-state index >= 15 is 0 Å². The molecule has 0 saturated heterocycles. The number of benzene rings is 2. The van der Waals surface area contributed by atoms with E-state index in [1.54, 1.807) is 43.3 Å². The van der Waals surface area contributed by atoms with Crippen molar-refractivity contribution < 1.29 is 18.0 Å². The van der Waals surface area contributed by atoms with Crippen LogP contribution in [0.4, 0.5) is 0 Å². The van der Waals surface area contributed by atoms with Crippen molar-refractivity contribution in [1.82, 2.24) is 14.5 Å². The number of carbonyl (C=O) groups excluding carboxylic acids is 2. The molecular weight excluding hydrogens is 509 g/mol. The fraction of sp³-hybridized carbons (Fsp3) is 0.440. The summed E-state index contributed by atoms with van der Waals surface area (Å²) in [6, 6.07) is 12.5. The van der Waals surface area contributed by atoms with Gasteiger partial charge in [-0.1, -0.05) is 47.5 Å². The van der Waals surface area contributed by atoms with Gasteiger partial charge in [0.2, 0.25) is 21.8 Å². The number of nitrogens with one attached hydrogen (secondary N) is 1. The third-order valence-electron chi connectivity index (χ3n) is 5.32. The van der Waals surface area contributed by atoms with Crippen LogP contribution in [0.1, 0.15) is 46.1 Å². The fourth-order valence-corrected chi connectivity index (χ4v) is 4.93. The van der Waals surface area contributed by atoms with Crippen molar-refractivity contribution in [3.05, 3.63) is 64.1 Å². The first-order valence-corrected chi connectivity index (χ1v) is 13.5. The number of sulfonamides is 1. The number of carbonyl (C=O) groups is 2. The normalized spacial score (nSPS) is 12.9. The van der Waals surface area contributed by atoms with E-state index in [-0.39, 0.29) is 36.2 Å². The molecule has 0 fully saturated rings. The van der Waals surface area contributed by atoms with Gasteiger partial charge in [0.25, 0.3) is 0 Å². The van der Waals surface area contributed by atoms with Crippen LogP contribution in [-0.4, -0.2) is 54.6 Å². The number of nitrogens with zero attached hydrogens (tertiary/aromatic N) is 2. The van der Waals surface area contributed by atoms with Crippen LogP contribution in [0.15, 0.2) is 53.4 Å². The Morgan fingerprint density at radius 2 is 1.66 bits per heavy atom. The van der Waals surface area contributed by atoms with Crippen molar-refractivity contribution in [3.8, 4) is 0 Å². The lowest BCUT2D eigenvalue weighted by Gasteiger charge is -2.31. The first kappa shape index (κ1) is 29.1. The zero-order valence-corrected chi connectivity index (χ0v) is 23.0. The molecule has 0 radical (unpaired) electrons. The fourth-order valence-electron chi connectivity index (χ4n) is 3.38. The molecular formula is C25H33Cl2N3O4S. The quantitative estimate of drug-likeness (QED) is 0.471. The van der Waals surface area contributed by atoms with E-state index in [4.69, 9.17) is 23.2 Å². The average molecular weight is 543 g/mol. The monoisotopic (exact) mass is 541 g/mol. The van der Waals surface area contributed by atoms with Gasteiger partial charge in [-0.3, -0.25) is 9.59 Å². The summed E-state index contributed by atoms with van der Waals surface area (Å²) < 4.78 is 26.7. The van der Waals surface area contributed by atoms with E-state index in [1.807, 2.05) is 20.8 Å². The molecule has 0 unspecified atom stereocenters. The molecule has 0 saturated carbocycles. The van der Waals surface area contributed by atoms with Gasteiger partial charge in [-0.05, 0) is 63.9 Å². The molecule has 0 aromatic heterocycles. The summed E-state index contributed by atoms with van der Waals surface area (Å²) in [6.07, 6.45) is 0.371. The lowest BCUT2D eigenvalue weighted by atomic mass is 10.1. The maximum absolute atomic E-state index is 13.2. The maximum atomic E-state index is 13.2. The van der Waals surface area contributed by atoms with Crippen molar-refractivity contribution in [2.75, 3.05) is 13.6 Å². The van der Waals surface area contributed by atoms with E-state index in [0.717, 1.165) is 5.56 Å². The second kappa shape index (κ2) is 12.2. The van der Waals surface area contributed by atoms with Crippen LogP contribution in [0.2, 0.25) is 10.0 Å². The van der Waals surface area contributed by atoms with Gasteiger partial charge < -0.3 is 10.2 Å². The Labute approximate surface area is 218 Å². The molecule has 7 nitrogen and oxygen atoms in total. The molecule has 10 heteroatoms. The van der Waals surface area contributed by atoms with Crippen LogP contribution in [0.5, 0.6) is 0 Å². The van der Waals surface area contributed by atoms with Gasteiger partial charge in [0, 0.05) is 32.1 Å². The summed E-state index contributed by atoms with van der Waals surface area (Å²) in [7, 11) is -2.16. The molecule has 0 aliphatic heterocycles. The zero-order chi connectivity index (χ0) is 26.4. The highest BCUT2D eigenvalue weighted by molar-refractivity contribution is 7.89. The van der Waals surface area contributed by atoms with Crippen LogP contribution in [-0.2, 0) is 26.2 Å². The summed E-state index contributed by atoms with van der Waals surface area (Å²) in [4.78, 5) is 27.8. The minimum Gasteiger partial charge on any atom is -0.350 e. The smallest absolute Gasteiger partial charge is 0.242 e. The van der Waals surface area contributed by atoms with Crippen LogP contribution < -0.4 is 5.32 Å². The summed E-state index contributed by atoms with van der Waals surface area (Å²) >= 11 is 12.2. The van der Waals surface area contributed by atoms with E-state index in [1.165, 1.54) is 28.4 Å². The van der Waals surface area contributed by atoms with Gasteiger partial charge in [0.05, 0.1) is 14.9 Å². The van der Waals surface area contributed by atoms with Crippen LogP contribution in [0.25, 0.3) is 0 Å². The Kier molecular flexibility index (Phi) is 10.2. The second-order valence-electron chi connectivity index (χ2n) is 9.43. The van der Waals surface area contributed by atoms with Gasteiger partial charge >= 0.3 is 0 Å². The Morgan fingerprint density at radius 3 is 2.23 bits per heavy atom. The SMILES string of the molecule is C[C@H](C(=O)NC(C)(C)C)N(Cc1ccc(Cl)c(Cl)c1)C(=O)CCCN(C)S(=O)(=O)c1ccccc1. The largest absolute Gasteiger partial charge is 0.350 e. The number of hydrogen-bond donors (Lipinski definition) is 1. The van der Waals surface area contributed by atoms with Gasteiger partial charge in [0.15, 0.2) is 0 Å². The molecule has 2 aromatic rings. The number of rotatable bonds is 10. The maximum Gasteiger partial charge on any atom is 0.242 e. The minimum atomic E-state index is -3.65. The highest BCUT2D eigenvalue weighted by Crippen LogP contribution is 2.24. The number of hydrogen-bond acceptors (Lipinski definition) is 4. The van der Waals surface area contributed by atoms with Gasteiger partial charge in [-0.15, -0.1) is 0 Å². The van der Waals surface area contributed by atoms with Crippen LogP contribution >= 0.6 is 23.2 Å². The zero-order valence-electron chi connectivity index (χ0n) is 20.7. The van der Waals surface area contributed by atoms with Gasteiger partial charge in [-0.25, -0.2) is 12.7 Å². The summed E-state index contributed by atoms with van der Waals surface area (Å²) in [6.45, 7) is 7.59. The Bertz CT molecular complexity index is 1140. The van der Waals surface area contributed by atoms with E-state index in [2.05, 4.69) is 5.32 Å². The van der Waals surface area contributed by atoms with Gasteiger partial charge in [-0.2, -0.15) is 0 Å². The van der Waals surface area contributed by atoms with E-state index in [9.17, 15) is 18.0 Å². The molecule has 1 N–H and O–H groups in total. The predicted octanol–water partition coefficient (Wildman–Crippen LogP) is 4.73.